The molecule has 0 spiro atoms. The van der Waals surface area contributed by atoms with Crippen molar-refractivity contribution in [2.24, 2.45) is 0 Å². The topological polar surface area (TPSA) is 82.2 Å². The summed E-state index contributed by atoms with van der Waals surface area (Å²) in [7, 11) is 1.54. The number of amides is 1. The fourth-order valence-corrected chi connectivity index (χ4v) is 1.71. The van der Waals surface area contributed by atoms with Gasteiger partial charge < -0.3 is 15.8 Å². The molecule has 0 aliphatic carbocycles. The largest absolute Gasteiger partial charge is 0.496 e. The molecule has 1 aromatic heterocycles. The van der Waals surface area contributed by atoms with Crippen molar-refractivity contribution in [2.45, 2.75) is 6.54 Å². The van der Waals surface area contributed by atoms with Gasteiger partial charge in [0.05, 0.1) is 31.1 Å². The number of rotatable bonds is 5. The van der Waals surface area contributed by atoms with Crippen LogP contribution in [0.4, 0.5) is 5.69 Å². The highest BCUT2D eigenvalue weighted by Gasteiger charge is 2.10. The van der Waals surface area contributed by atoms with Gasteiger partial charge in [0, 0.05) is 12.7 Å². The van der Waals surface area contributed by atoms with Gasteiger partial charge in [0.1, 0.15) is 5.75 Å². The summed E-state index contributed by atoms with van der Waals surface area (Å²) in [6.07, 6.45) is 3.29. The van der Waals surface area contributed by atoms with Crippen LogP contribution in [0, 0.1) is 0 Å². The molecule has 0 fully saturated rings. The number of hydrogen-bond donors (Lipinski definition) is 2. The Labute approximate surface area is 111 Å². The number of benzene rings is 1. The zero-order valence-corrected chi connectivity index (χ0v) is 10.7. The lowest BCUT2D eigenvalue weighted by Gasteiger charge is -2.09. The Hall–Kier alpha value is -2.50. The van der Waals surface area contributed by atoms with Gasteiger partial charge in [-0.1, -0.05) is 12.1 Å². The Morgan fingerprint density at radius 2 is 2.26 bits per heavy atom. The van der Waals surface area contributed by atoms with E-state index in [0.29, 0.717) is 30.1 Å². The normalized spacial score (nSPS) is 10.2. The molecule has 0 atom stereocenters. The van der Waals surface area contributed by atoms with Gasteiger partial charge in [-0.3, -0.25) is 9.48 Å². The van der Waals surface area contributed by atoms with E-state index in [1.54, 1.807) is 42.4 Å². The van der Waals surface area contributed by atoms with E-state index in [1.807, 2.05) is 6.07 Å². The van der Waals surface area contributed by atoms with Gasteiger partial charge in [-0.15, -0.1) is 0 Å². The van der Waals surface area contributed by atoms with Crippen molar-refractivity contribution in [3.05, 3.63) is 42.2 Å². The molecule has 0 unspecified atom stereocenters. The molecule has 3 N–H and O–H groups in total. The average Bonchev–Trinajstić information content (AvgIpc) is 2.84. The lowest BCUT2D eigenvalue weighted by Crippen LogP contribution is -2.27. The summed E-state index contributed by atoms with van der Waals surface area (Å²) in [6, 6.07) is 7.09. The van der Waals surface area contributed by atoms with Gasteiger partial charge >= 0.3 is 0 Å². The minimum Gasteiger partial charge on any atom is -0.496 e. The monoisotopic (exact) mass is 260 g/mol. The van der Waals surface area contributed by atoms with Crippen molar-refractivity contribution in [3.63, 3.8) is 0 Å². The lowest BCUT2D eigenvalue weighted by atomic mass is 10.2. The van der Waals surface area contributed by atoms with Crippen molar-refractivity contribution >= 4 is 11.6 Å². The zero-order valence-electron chi connectivity index (χ0n) is 10.7. The number of nitrogen functional groups attached to an aromatic ring is 1. The smallest absolute Gasteiger partial charge is 0.255 e. The number of methoxy groups -OCH3 is 1. The van der Waals surface area contributed by atoms with Crippen LogP contribution in [0.25, 0.3) is 0 Å². The molecule has 0 radical (unpaired) electrons. The van der Waals surface area contributed by atoms with Gasteiger partial charge in [-0.25, -0.2) is 0 Å². The highest BCUT2D eigenvalue weighted by Crippen LogP contribution is 2.16. The quantitative estimate of drug-likeness (QED) is 0.837. The summed E-state index contributed by atoms with van der Waals surface area (Å²) in [5.74, 6) is 0.390. The lowest BCUT2D eigenvalue weighted by molar-refractivity contribution is 0.0949. The van der Waals surface area contributed by atoms with E-state index in [-0.39, 0.29) is 5.91 Å². The van der Waals surface area contributed by atoms with Crippen LogP contribution in [0.2, 0.25) is 0 Å². The second-order valence-electron chi connectivity index (χ2n) is 3.99. The molecule has 6 heteroatoms. The van der Waals surface area contributed by atoms with Crippen LogP contribution in [0.1, 0.15) is 10.4 Å². The van der Waals surface area contributed by atoms with E-state index >= 15 is 0 Å². The first kappa shape index (κ1) is 12.9. The molecule has 2 aromatic rings. The summed E-state index contributed by atoms with van der Waals surface area (Å²) in [5.41, 5.74) is 6.68. The number of carbonyl (C=O) groups is 1. The molecule has 0 aliphatic rings. The predicted octanol–water partition coefficient (Wildman–Crippen LogP) is 0.904. The molecule has 0 bridgehead atoms. The first-order chi connectivity index (χ1) is 9.20. The van der Waals surface area contributed by atoms with Gasteiger partial charge in [0.25, 0.3) is 5.91 Å². The number of nitrogens with two attached hydrogens (primary N) is 1. The van der Waals surface area contributed by atoms with Crippen LogP contribution in [-0.4, -0.2) is 29.3 Å². The van der Waals surface area contributed by atoms with E-state index in [4.69, 9.17) is 10.5 Å². The van der Waals surface area contributed by atoms with Crippen molar-refractivity contribution in [2.75, 3.05) is 19.4 Å². The Bertz CT molecular complexity index is 565. The molecule has 0 aliphatic heterocycles. The summed E-state index contributed by atoms with van der Waals surface area (Å²) in [5, 5.41) is 6.85. The van der Waals surface area contributed by atoms with Crippen molar-refractivity contribution in [1.82, 2.24) is 15.1 Å². The average molecular weight is 260 g/mol. The number of nitrogens with one attached hydrogen (secondary N) is 1. The number of nitrogens with zero attached hydrogens (tertiary/aromatic N) is 2. The maximum atomic E-state index is 12.0. The van der Waals surface area contributed by atoms with Crippen molar-refractivity contribution < 1.29 is 9.53 Å². The number of para-hydroxylation sites is 1. The minimum absolute atomic E-state index is 0.169. The zero-order chi connectivity index (χ0) is 13.7. The second-order valence-corrected chi connectivity index (χ2v) is 3.99. The van der Waals surface area contributed by atoms with E-state index in [1.165, 1.54) is 0 Å². The second kappa shape index (κ2) is 5.90. The van der Waals surface area contributed by atoms with Gasteiger partial charge in [-0.05, 0) is 12.1 Å². The molecule has 2 rings (SSSR count). The van der Waals surface area contributed by atoms with E-state index < -0.39 is 0 Å². The number of aromatic nitrogens is 2. The molecule has 6 nitrogen and oxygen atoms in total. The SMILES string of the molecule is COc1ccccc1C(=O)NCCn1cc(N)cn1. The minimum atomic E-state index is -0.169. The van der Waals surface area contributed by atoms with Crippen molar-refractivity contribution in [3.8, 4) is 5.75 Å². The van der Waals surface area contributed by atoms with E-state index in [0.717, 1.165) is 0 Å². The Kier molecular flexibility index (Phi) is 4.02. The third-order valence-corrected chi connectivity index (χ3v) is 2.63. The third-order valence-electron chi connectivity index (χ3n) is 2.63. The van der Waals surface area contributed by atoms with Gasteiger partial charge in [0.2, 0.25) is 0 Å². The molecule has 1 amide bonds. The van der Waals surface area contributed by atoms with Crippen LogP contribution in [0.15, 0.2) is 36.7 Å². The molecule has 1 aromatic carbocycles. The molecule has 19 heavy (non-hydrogen) atoms. The summed E-state index contributed by atoms with van der Waals surface area (Å²) in [6.45, 7) is 1.04. The van der Waals surface area contributed by atoms with Crippen molar-refractivity contribution in [1.29, 1.82) is 0 Å². The van der Waals surface area contributed by atoms with Crippen LogP contribution >= 0.6 is 0 Å². The van der Waals surface area contributed by atoms with Crippen LogP contribution in [0.3, 0.4) is 0 Å². The molecule has 0 saturated carbocycles. The Balaban J connectivity index is 1.90. The number of hydrogen-bond acceptors (Lipinski definition) is 4. The summed E-state index contributed by atoms with van der Waals surface area (Å²) < 4.78 is 6.82. The molecule has 100 valence electrons. The molecular weight excluding hydrogens is 244 g/mol. The maximum Gasteiger partial charge on any atom is 0.255 e. The van der Waals surface area contributed by atoms with Crippen LogP contribution in [-0.2, 0) is 6.54 Å². The fraction of sp³-hybridized carbons (Fsp3) is 0.231. The van der Waals surface area contributed by atoms with Crippen LogP contribution < -0.4 is 15.8 Å². The number of carbonyl (C=O) groups excluding carboxylic acids is 1. The number of ether oxygens (including phenoxy) is 1. The number of anilines is 1. The van der Waals surface area contributed by atoms with E-state index in [2.05, 4.69) is 10.4 Å². The van der Waals surface area contributed by atoms with E-state index in [9.17, 15) is 4.79 Å². The van der Waals surface area contributed by atoms with Gasteiger partial charge in [0.15, 0.2) is 0 Å². The third kappa shape index (κ3) is 3.25. The molecule has 0 saturated heterocycles. The Morgan fingerprint density at radius 1 is 1.47 bits per heavy atom. The first-order valence-electron chi connectivity index (χ1n) is 5.90. The first-order valence-corrected chi connectivity index (χ1v) is 5.90. The maximum absolute atomic E-state index is 12.0. The Morgan fingerprint density at radius 3 is 2.95 bits per heavy atom. The molecular formula is C13H16N4O2. The highest BCUT2D eigenvalue weighted by atomic mass is 16.5. The molecule has 1 heterocycles. The summed E-state index contributed by atoms with van der Waals surface area (Å²) >= 11 is 0. The fourth-order valence-electron chi connectivity index (χ4n) is 1.71. The predicted molar refractivity (Wildman–Crippen MR) is 72.0 cm³/mol. The van der Waals surface area contributed by atoms with Gasteiger partial charge in [-0.2, -0.15) is 5.10 Å². The van der Waals surface area contributed by atoms with Crippen LogP contribution in [0.5, 0.6) is 5.75 Å². The summed E-state index contributed by atoms with van der Waals surface area (Å²) in [4.78, 5) is 12.0. The highest BCUT2D eigenvalue weighted by molar-refractivity contribution is 5.96. The standard InChI is InChI=1S/C13H16N4O2/c1-19-12-5-3-2-4-11(12)13(18)15-6-7-17-9-10(14)8-16-17/h2-5,8-9H,6-7,14H2,1H3,(H,15,18).